The third-order valence-corrected chi connectivity index (χ3v) is 12.4. The summed E-state index contributed by atoms with van der Waals surface area (Å²) in [6, 6.07) is 67.4. The van der Waals surface area contributed by atoms with Gasteiger partial charge in [0.15, 0.2) is 0 Å². The normalized spacial score (nSPS) is 15.1. The fraction of sp³-hybridized carbons (Fsp3) is 0.0566. The molecule has 1 heterocycles. The number of furan rings is 1. The van der Waals surface area contributed by atoms with Crippen molar-refractivity contribution in [2.45, 2.75) is 18.8 Å². The van der Waals surface area contributed by atoms with E-state index in [1.165, 1.54) is 71.6 Å². The van der Waals surface area contributed by atoms with Crippen molar-refractivity contribution in [1.82, 2.24) is 0 Å². The van der Waals surface area contributed by atoms with Gasteiger partial charge in [-0.25, -0.2) is 0 Å². The van der Waals surface area contributed by atoms with Gasteiger partial charge in [0, 0.05) is 16.8 Å². The Hall–Kier alpha value is -6.90. The quantitative estimate of drug-likeness (QED) is 0.182. The van der Waals surface area contributed by atoms with E-state index in [2.05, 4.69) is 188 Å². The molecule has 0 fully saturated rings. The SMILES string of the molecule is CCc1ccc2cccc3c2c1C1(c2ccccc2-c2ccc(N(c4ccc5ccccc5c4)c4cccc5oc6ccccc6c45)cc21)c1ccccc1-3. The number of nitrogens with zero attached hydrogens (tertiary/aromatic N) is 1. The Morgan fingerprint density at radius 2 is 1.07 bits per heavy atom. The molecule has 0 amide bonds. The Kier molecular flexibility index (Phi) is 6.28. The molecule has 55 heavy (non-hydrogen) atoms. The molecule has 0 bridgehead atoms. The predicted molar refractivity (Wildman–Crippen MR) is 229 cm³/mol. The number of para-hydroxylation sites is 1. The number of rotatable bonds is 4. The van der Waals surface area contributed by atoms with Crippen molar-refractivity contribution in [1.29, 1.82) is 0 Å². The minimum absolute atomic E-state index is 0.513. The summed E-state index contributed by atoms with van der Waals surface area (Å²) in [4.78, 5) is 2.46. The topological polar surface area (TPSA) is 16.4 Å². The van der Waals surface area contributed by atoms with Crippen LogP contribution in [0.4, 0.5) is 17.1 Å². The lowest BCUT2D eigenvalue weighted by atomic mass is 9.60. The van der Waals surface area contributed by atoms with Crippen molar-refractivity contribution in [3.8, 4) is 22.3 Å². The van der Waals surface area contributed by atoms with E-state index in [9.17, 15) is 0 Å². The second-order valence-electron chi connectivity index (χ2n) is 15.0. The molecule has 2 heteroatoms. The van der Waals surface area contributed by atoms with Gasteiger partial charge in [-0.1, -0.05) is 146 Å². The van der Waals surface area contributed by atoms with Crippen molar-refractivity contribution in [2.24, 2.45) is 0 Å². The second-order valence-corrected chi connectivity index (χ2v) is 15.0. The van der Waals surface area contributed by atoms with Gasteiger partial charge in [0.1, 0.15) is 11.2 Å². The number of hydrogen-bond donors (Lipinski definition) is 0. The van der Waals surface area contributed by atoms with Crippen LogP contribution in [-0.2, 0) is 11.8 Å². The van der Waals surface area contributed by atoms with Crippen molar-refractivity contribution in [3.63, 3.8) is 0 Å². The van der Waals surface area contributed by atoms with E-state index in [0.29, 0.717) is 0 Å². The number of fused-ring (bicyclic) bond motifs is 13. The lowest BCUT2D eigenvalue weighted by Crippen LogP contribution is -2.33. The summed E-state index contributed by atoms with van der Waals surface area (Å²) >= 11 is 0. The Morgan fingerprint density at radius 1 is 0.455 bits per heavy atom. The van der Waals surface area contributed by atoms with Crippen LogP contribution in [0.3, 0.4) is 0 Å². The first-order valence-electron chi connectivity index (χ1n) is 19.3. The van der Waals surface area contributed by atoms with Crippen LogP contribution in [0.25, 0.3) is 65.7 Å². The van der Waals surface area contributed by atoms with Crippen molar-refractivity contribution in [3.05, 3.63) is 210 Å². The Labute approximate surface area is 319 Å². The van der Waals surface area contributed by atoms with E-state index < -0.39 is 5.41 Å². The highest BCUT2D eigenvalue weighted by molar-refractivity contribution is 6.14. The number of anilines is 3. The average Bonchev–Trinajstić information content (AvgIpc) is 3.77. The van der Waals surface area contributed by atoms with Gasteiger partial charge in [-0.05, 0) is 121 Å². The summed E-state index contributed by atoms with van der Waals surface area (Å²) in [5, 5.41) is 7.31. The Morgan fingerprint density at radius 3 is 1.93 bits per heavy atom. The molecule has 0 N–H and O–H groups in total. The molecular weight excluding hydrogens is 667 g/mol. The van der Waals surface area contributed by atoms with E-state index in [1.807, 2.05) is 6.07 Å². The monoisotopic (exact) mass is 701 g/mol. The highest BCUT2D eigenvalue weighted by Gasteiger charge is 2.51. The summed E-state index contributed by atoms with van der Waals surface area (Å²) in [7, 11) is 0. The Bertz CT molecular complexity index is 3220. The van der Waals surface area contributed by atoms with E-state index >= 15 is 0 Å². The maximum atomic E-state index is 6.50. The number of aryl methyl sites for hydroxylation is 1. The van der Waals surface area contributed by atoms with Crippen LogP contribution in [0.5, 0.6) is 0 Å². The van der Waals surface area contributed by atoms with Gasteiger partial charge in [-0.15, -0.1) is 0 Å². The van der Waals surface area contributed by atoms with Gasteiger partial charge in [0.2, 0.25) is 0 Å². The molecular formula is C53H35NO. The standard InChI is InChI=1S/C53H35NO/c1-2-33-25-26-35-15-11-19-42-40-17-6-9-21-45(40)53(52(33)50(35)42)44-20-8-5-16-39(44)41-30-29-38(32-46(41)53)54(37-28-27-34-13-3-4-14-36(34)31-37)47-22-12-24-49-51(47)43-18-7-10-23-48(43)55-49/h3-32H,2H2,1H3. The van der Waals surface area contributed by atoms with Gasteiger partial charge in [0.25, 0.3) is 0 Å². The molecule has 0 saturated heterocycles. The molecule has 1 spiro atoms. The molecule has 9 aromatic carbocycles. The third kappa shape index (κ3) is 4.03. The zero-order valence-electron chi connectivity index (χ0n) is 30.4. The molecule has 2 nitrogen and oxygen atoms in total. The summed E-state index contributed by atoms with van der Waals surface area (Å²) < 4.78 is 6.50. The Balaban J connectivity index is 1.22. The van der Waals surface area contributed by atoms with Gasteiger partial charge in [-0.2, -0.15) is 0 Å². The molecule has 0 saturated carbocycles. The third-order valence-electron chi connectivity index (χ3n) is 12.4. The van der Waals surface area contributed by atoms with Gasteiger partial charge in [-0.3, -0.25) is 0 Å². The first-order valence-corrected chi connectivity index (χ1v) is 19.3. The van der Waals surface area contributed by atoms with Crippen LogP contribution in [0.15, 0.2) is 186 Å². The largest absolute Gasteiger partial charge is 0.456 e. The maximum absolute atomic E-state index is 6.50. The molecule has 2 aliphatic carbocycles. The van der Waals surface area contributed by atoms with Gasteiger partial charge < -0.3 is 9.32 Å². The van der Waals surface area contributed by atoms with Crippen LogP contribution in [-0.4, -0.2) is 0 Å². The van der Waals surface area contributed by atoms with E-state index in [-0.39, 0.29) is 0 Å². The lowest BCUT2D eigenvalue weighted by molar-refractivity contribution is 0.669. The smallest absolute Gasteiger partial charge is 0.137 e. The summed E-state index contributed by atoms with van der Waals surface area (Å²) in [6.45, 7) is 2.31. The molecule has 0 radical (unpaired) electrons. The zero-order chi connectivity index (χ0) is 36.3. The minimum atomic E-state index is -0.513. The van der Waals surface area contributed by atoms with Crippen LogP contribution >= 0.6 is 0 Å². The van der Waals surface area contributed by atoms with E-state index in [1.54, 1.807) is 0 Å². The molecule has 1 unspecified atom stereocenters. The lowest BCUT2D eigenvalue weighted by Gasteiger charge is -2.41. The van der Waals surface area contributed by atoms with Crippen LogP contribution in [0.1, 0.15) is 34.7 Å². The van der Waals surface area contributed by atoms with Crippen molar-refractivity contribution in [2.75, 3.05) is 4.90 Å². The minimum Gasteiger partial charge on any atom is -0.456 e. The molecule has 2 aliphatic rings. The average molecular weight is 702 g/mol. The molecule has 12 rings (SSSR count). The fourth-order valence-electron chi connectivity index (χ4n) is 10.2. The van der Waals surface area contributed by atoms with Crippen molar-refractivity contribution < 1.29 is 4.42 Å². The van der Waals surface area contributed by atoms with Crippen LogP contribution in [0.2, 0.25) is 0 Å². The van der Waals surface area contributed by atoms with Gasteiger partial charge >= 0.3 is 0 Å². The van der Waals surface area contributed by atoms with Gasteiger partial charge in [0.05, 0.1) is 16.5 Å². The highest BCUT2D eigenvalue weighted by atomic mass is 16.3. The van der Waals surface area contributed by atoms with Crippen LogP contribution < -0.4 is 4.90 Å². The van der Waals surface area contributed by atoms with E-state index in [4.69, 9.17) is 4.42 Å². The van der Waals surface area contributed by atoms with E-state index in [0.717, 1.165) is 45.4 Å². The predicted octanol–water partition coefficient (Wildman–Crippen LogP) is 14.3. The molecule has 1 aromatic heterocycles. The van der Waals surface area contributed by atoms with Crippen LogP contribution in [0, 0.1) is 0 Å². The second kappa shape index (κ2) is 11.3. The summed E-state index contributed by atoms with van der Waals surface area (Å²) in [6.07, 6.45) is 0.944. The first kappa shape index (κ1) is 30.6. The first-order chi connectivity index (χ1) is 27.2. The maximum Gasteiger partial charge on any atom is 0.137 e. The zero-order valence-corrected chi connectivity index (χ0v) is 30.4. The number of hydrogen-bond acceptors (Lipinski definition) is 2. The molecule has 258 valence electrons. The molecule has 0 aliphatic heterocycles. The fourth-order valence-corrected chi connectivity index (χ4v) is 10.2. The number of benzene rings is 9. The summed E-state index contributed by atoms with van der Waals surface area (Å²) in [5.41, 5.74) is 16.6. The molecule has 1 atom stereocenters. The van der Waals surface area contributed by atoms with Crippen molar-refractivity contribution >= 4 is 60.5 Å². The molecule has 10 aromatic rings. The highest BCUT2D eigenvalue weighted by Crippen LogP contribution is 2.63. The summed E-state index contributed by atoms with van der Waals surface area (Å²) in [5.74, 6) is 0.